The van der Waals surface area contributed by atoms with Crippen molar-refractivity contribution in [1.29, 1.82) is 0 Å². The van der Waals surface area contributed by atoms with Crippen molar-refractivity contribution in [1.82, 2.24) is 10.6 Å². The summed E-state index contributed by atoms with van der Waals surface area (Å²) in [6.45, 7) is 2.85. The van der Waals surface area contributed by atoms with Gasteiger partial charge in [0, 0.05) is 31.2 Å². The zero-order chi connectivity index (χ0) is 12.6. The highest BCUT2D eigenvalue weighted by molar-refractivity contribution is 5.23. The number of halogens is 2. The van der Waals surface area contributed by atoms with Gasteiger partial charge in [-0.15, -0.1) is 0 Å². The second-order valence-corrected chi connectivity index (χ2v) is 4.93. The minimum Gasteiger partial charge on any atom is -0.369 e. The first kappa shape index (κ1) is 12.0. The Balaban J connectivity index is 1.82. The van der Waals surface area contributed by atoms with Crippen molar-refractivity contribution in [3.05, 3.63) is 35.4 Å². The van der Waals surface area contributed by atoms with Crippen LogP contribution in [0.15, 0.2) is 18.2 Å². The topological polar surface area (TPSA) is 33.3 Å². The molecule has 1 spiro atoms. The van der Waals surface area contributed by atoms with E-state index >= 15 is 0 Å². The van der Waals surface area contributed by atoms with Crippen LogP contribution >= 0.6 is 0 Å². The quantitative estimate of drug-likeness (QED) is 0.820. The molecule has 5 heteroatoms. The van der Waals surface area contributed by atoms with Gasteiger partial charge in [-0.3, -0.25) is 0 Å². The molecule has 2 aliphatic rings. The van der Waals surface area contributed by atoms with E-state index < -0.39 is 11.6 Å². The van der Waals surface area contributed by atoms with Crippen molar-refractivity contribution >= 4 is 0 Å². The predicted octanol–water partition coefficient (Wildman–Crippen LogP) is 0.838. The summed E-state index contributed by atoms with van der Waals surface area (Å²) in [4.78, 5) is 0. The number of hydrogen-bond acceptors (Lipinski definition) is 3. The molecule has 0 aliphatic carbocycles. The fourth-order valence-corrected chi connectivity index (χ4v) is 2.68. The summed E-state index contributed by atoms with van der Waals surface area (Å²) in [5.41, 5.74) is -0.153. The van der Waals surface area contributed by atoms with E-state index in [0.717, 1.165) is 19.6 Å². The van der Waals surface area contributed by atoms with Crippen LogP contribution in [-0.2, 0) is 11.2 Å². The molecule has 0 bridgehead atoms. The van der Waals surface area contributed by atoms with Crippen molar-refractivity contribution in [3.8, 4) is 0 Å². The Bertz CT molecular complexity index is 428. The highest BCUT2D eigenvalue weighted by atomic mass is 19.1. The molecule has 2 saturated heterocycles. The minimum atomic E-state index is -0.482. The summed E-state index contributed by atoms with van der Waals surface area (Å²) >= 11 is 0. The van der Waals surface area contributed by atoms with Gasteiger partial charge in [-0.05, 0) is 18.6 Å². The molecule has 3 nitrogen and oxygen atoms in total. The molecule has 1 unspecified atom stereocenters. The Morgan fingerprint density at radius 2 is 2.00 bits per heavy atom. The van der Waals surface area contributed by atoms with Crippen LogP contribution in [0.25, 0.3) is 0 Å². The van der Waals surface area contributed by atoms with Crippen molar-refractivity contribution in [2.24, 2.45) is 0 Å². The van der Waals surface area contributed by atoms with Crippen molar-refractivity contribution in [2.45, 2.75) is 18.1 Å². The Kier molecular flexibility index (Phi) is 3.05. The Morgan fingerprint density at radius 3 is 2.61 bits per heavy atom. The average molecular weight is 254 g/mol. The number of benzene rings is 1. The van der Waals surface area contributed by atoms with Gasteiger partial charge in [-0.2, -0.15) is 0 Å². The van der Waals surface area contributed by atoms with Crippen molar-refractivity contribution < 1.29 is 13.5 Å². The van der Waals surface area contributed by atoms with Crippen LogP contribution in [0.2, 0.25) is 0 Å². The van der Waals surface area contributed by atoms with E-state index in [4.69, 9.17) is 4.74 Å². The lowest BCUT2D eigenvalue weighted by Crippen LogP contribution is -2.73. The second kappa shape index (κ2) is 4.57. The minimum absolute atomic E-state index is 0.0427. The van der Waals surface area contributed by atoms with E-state index in [-0.39, 0.29) is 17.2 Å². The molecular formula is C13H16F2N2O. The van der Waals surface area contributed by atoms with Gasteiger partial charge in [-0.1, -0.05) is 6.07 Å². The van der Waals surface area contributed by atoms with Crippen LogP contribution in [0.3, 0.4) is 0 Å². The van der Waals surface area contributed by atoms with Gasteiger partial charge >= 0.3 is 0 Å². The Hall–Kier alpha value is -1.04. The summed E-state index contributed by atoms with van der Waals surface area (Å²) < 4.78 is 33.1. The second-order valence-electron chi connectivity index (χ2n) is 4.93. The summed E-state index contributed by atoms with van der Waals surface area (Å²) in [6, 6.07) is 3.94. The third kappa shape index (κ3) is 1.92. The summed E-state index contributed by atoms with van der Waals surface area (Å²) in [6.07, 6.45) is 0.320. The zero-order valence-electron chi connectivity index (χ0n) is 10.0. The van der Waals surface area contributed by atoms with E-state index in [1.807, 2.05) is 0 Å². The Morgan fingerprint density at radius 1 is 1.28 bits per heavy atom. The Labute approximate surface area is 105 Å². The van der Waals surface area contributed by atoms with E-state index in [9.17, 15) is 8.78 Å². The molecule has 2 N–H and O–H groups in total. The molecule has 1 aromatic rings. The lowest BCUT2D eigenvalue weighted by molar-refractivity contribution is -0.126. The first-order chi connectivity index (χ1) is 8.71. The average Bonchev–Trinajstić information content (AvgIpc) is 2.32. The van der Waals surface area contributed by atoms with Crippen molar-refractivity contribution in [3.63, 3.8) is 0 Å². The smallest absolute Gasteiger partial charge is 0.129 e. The molecule has 2 aliphatic heterocycles. The molecule has 0 amide bonds. The van der Waals surface area contributed by atoms with Gasteiger partial charge in [0.15, 0.2) is 0 Å². The zero-order valence-corrected chi connectivity index (χ0v) is 10.0. The van der Waals surface area contributed by atoms with E-state index in [1.165, 1.54) is 18.2 Å². The molecule has 1 aromatic carbocycles. The van der Waals surface area contributed by atoms with Gasteiger partial charge in [-0.25, -0.2) is 8.78 Å². The van der Waals surface area contributed by atoms with Gasteiger partial charge in [0.1, 0.15) is 17.2 Å². The molecule has 3 rings (SSSR count). The fraction of sp³-hybridized carbons (Fsp3) is 0.538. The molecular weight excluding hydrogens is 238 g/mol. The molecule has 2 heterocycles. The normalized spacial score (nSPS) is 26.0. The lowest BCUT2D eigenvalue weighted by Gasteiger charge is -2.50. The van der Waals surface area contributed by atoms with Crippen LogP contribution in [0.1, 0.15) is 5.56 Å². The van der Waals surface area contributed by atoms with E-state index in [2.05, 4.69) is 10.6 Å². The molecule has 1 atom stereocenters. The molecule has 0 aromatic heterocycles. The molecule has 2 fully saturated rings. The standard InChI is InChI=1S/C13H16F2N2O/c14-10-2-1-3-11(15)9(10)6-12-13(7-16-8-13)18-5-4-17-12/h1-3,12,16-17H,4-8H2. The van der Waals surface area contributed by atoms with Crippen LogP contribution in [0, 0.1) is 11.6 Å². The molecule has 18 heavy (non-hydrogen) atoms. The lowest BCUT2D eigenvalue weighted by atomic mass is 9.83. The number of nitrogens with one attached hydrogen (secondary N) is 2. The van der Waals surface area contributed by atoms with Crippen LogP contribution in [0.4, 0.5) is 8.78 Å². The predicted molar refractivity (Wildman–Crippen MR) is 63.4 cm³/mol. The van der Waals surface area contributed by atoms with Gasteiger partial charge < -0.3 is 15.4 Å². The first-order valence-electron chi connectivity index (χ1n) is 6.22. The van der Waals surface area contributed by atoms with Gasteiger partial charge in [0.05, 0.1) is 6.61 Å². The summed E-state index contributed by atoms with van der Waals surface area (Å²) in [5, 5.41) is 6.48. The number of ether oxygens (including phenoxy) is 1. The van der Waals surface area contributed by atoms with Gasteiger partial charge in [0.25, 0.3) is 0 Å². The summed E-state index contributed by atoms with van der Waals surface area (Å²) in [5.74, 6) is -0.963. The summed E-state index contributed by atoms with van der Waals surface area (Å²) in [7, 11) is 0. The number of hydrogen-bond donors (Lipinski definition) is 2. The first-order valence-corrected chi connectivity index (χ1v) is 6.22. The van der Waals surface area contributed by atoms with Crippen LogP contribution in [-0.4, -0.2) is 37.9 Å². The van der Waals surface area contributed by atoms with Gasteiger partial charge in [0.2, 0.25) is 0 Å². The third-order valence-corrected chi connectivity index (χ3v) is 3.84. The van der Waals surface area contributed by atoms with Crippen molar-refractivity contribution in [2.75, 3.05) is 26.2 Å². The molecule has 98 valence electrons. The third-order valence-electron chi connectivity index (χ3n) is 3.84. The monoisotopic (exact) mass is 254 g/mol. The highest BCUT2D eigenvalue weighted by Gasteiger charge is 2.47. The highest BCUT2D eigenvalue weighted by Crippen LogP contribution is 2.27. The molecule has 0 radical (unpaired) electrons. The maximum absolute atomic E-state index is 13.7. The fourth-order valence-electron chi connectivity index (χ4n) is 2.68. The van der Waals surface area contributed by atoms with E-state index in [1.54, 1.807) is 0 Å². The SMILES string of the molecule is Fc1cccc(F)c1CC1NCCOC12CNC2. The number of rotatable bonds is 2. The maximum atomic E-state index is 13.7. The molecule has 0 saturated carbocycles. The van der Waals surface area contributed by atoms with Crippen LogP contribution in [0.5, 0.6) is 0 Å². The number of morpholine rings is 1. The largest absolute Gasteiger partial charge is 0.369 e. The maximum Gasteiger partial charge on any atom is 0.129 e. The van der Waals surface area contributed by atoms with E-state index in [0.29, 0.717) is 13.0 Å². The van der Waals surface area contributed by atoms with Crippen LogP contribution < -0.4 is 10.6 Å².